The third-order valence-corrected chi connectivity index (χ3v) is 2.98. The first-order valence-electron chi connectivity index (χ1n) is 5.17. The largest absolute Gasteiger partial charge is 0.384 e. The van der Waals surface area contributed by atoms with E-state index in [2.05, 4.69) is 4.98 Å². The van der Waals surface area contributed by atoms with Crippen LogP contribution in [0.3, 0.4) is 0 Å². The second-order valence-corrected chi connectivity index (χ2v) is 4.41. The Morgan fingerprint density at radius 3 is 2.47 bits per heavy atom. The van der Waals surface area contributed by atoms with E-state index < -0.39 is 0 Å². The molecular weight excluding hydrogens is 239 g/mol. The Morgan fingerprint density at radius 2 is 1.82 bits per heavy atom. The van der Waals surface area contributed by atoms with Gasteiger partial charge in [0.2, 0.25) is 0 Å². The van der Waals surface area contributed by atoms with Crippen molar-refractivity contribution in [1.82, 2.24) is 4.98 Å². The summed E-state index contributed by atoms with van der Waals surface area (Å²) >= 11 is 6.05. The van der Waals surface area contributed by atoms with Gasteiger partial charge in [0.05, 0.1) is 5.02 Å². The molecule has 0 bridgehead atoms. The molecule has 0 aliphatic rings. The van der Waals surface area contributed by atoms with Gasteiger partial charge in [-0.3, -0.25) is 0 Å². The zero-order chi connectivity index (χ0) is 12.6. The number of hydrogen-bond donors (Lipinski definition) is 1. The van der Waals surface area contributed by atoms with Crippen molar-refractivity contribution in [3.8, 4) is 11.1 Å². The average Bonchev–Trinajstić information content (AvgIpc) is 2.24. The summed E-state index contributed by atoms with van der Waals surface area (Å²) in [5.74, 6) is 0.154. The quantitative estimate of drug-likeness (QED) is 0.837. The van der Waals surface area contributed by atoms with Crippen molar-refractivity contribution in [2.24, 2.45) is 0 Å². The molecule has 88 valence electrons. The number of nitrogens with two attached hydrogens (primary N) is 1. The molecule has 1 heterocycles. The summed E-state index contributed by atoms with van der Waals surface area (Å²) < 4.78 is 13.3. The summed E-state index contributed by atoms with van der Waals surface area (Å²) in [6.07, 6.45) is 1.66. The van der Waals surface area contributed by atoms with E-state index in [0.717, 1.165) is 16.7 Å². The van der Waals surface area contributed by atoms with Crippen LogP contribution in [0.2, 0.25) is 5.02 Å². The number of rotatable bonds is 1. The maximum Gasteiger partial charge on any atom is 0.127 e. The number of halogens is 2. The molecular formula is C13H12ClFN2. The van der Waals surface area contributed by atoms with Crippen molar-refractivity contribution in [3.05, 3.63) is 46.4 Å². The molecule has 2 rings (SSSR count). The lowest BCUT2D eigenvalue weighted by atomic mass is 10.0. The fraction of sp³-hybridized carbons (Fsp3) is 0.154. The number of benzene rings is 1. The number of hydrogen-bond acceptors (Lipinski definition) is 2. The molecule has 1 aromatic carbocycles. The molecule has 0 fully saturated rings. The second-order valence-electron chi connectivity index (χ2n) is 4.01. The number of anilines is 1. The molecule has 0 radical (unpaired) electrons. The van der Waals surface area contributed by atoms with Crippen LogP contribution >= 0.6 is 11.6 Å². The van der Waals surface area contributed by atoms with Gasteiger partial charge in [-0.15, -0.1) is 0 Å². The first-order chi connectivity index (χ1) is 7.99. The molecule has 4 heteroatoms. The third kappa shape index (κ3) is 2.24. The van der Waals surface area contributed by atoms with E-state index in [-0.39, 0.29) is 5.82 Å². The highest BCUT2D eigenvalue weighted by atomic mass is 35.5. The van der Waals surface area contributed by atoms with Crippen LogP contribution in [0, 0.1) is 19.7 Å². The molecule has 2 N–H and O–H groups in total. The minimum absolute atomic E-state index is 0.306. The Bertz CT molecular complexity index is 582. The van der Waals surface area contributed by atoms with E-state index in [1.807, 2.05) is 6.92 Å². The molecule has 0 amide bonds. The SMILES string of the molecule is Cc1cc(-c2cnc(N)cc2C)c(Cl)cc1F. The first-order valence-corrected chi connectivity index (χ1v) is 5.55. The zero-order valence-electron chi connectivity index (χ0n) is 9.59. The number of aromatic nitrogens is 1. The molecule has 0 aliphatic heterocycles. The van der Waals surface area contributed by atoms with Gasteiger partial charge in [-0.05, 0) is 43.2 Å². The van der Waals surface area contributed by atoms with Gasteiger partial charge in [-0.25, -0.2) is 9.37 Å². The van der Waals surface area contributed by atoms with E-state index >= 15 is 0 Å². The van der Waals surface area contributed by atoms with Crippen LogP contribution in [0.4, 0.5) is 10.2 Å². The average molecular weight is 251 g/mol. The Labute approximate surface area is 104 Å². The van der Waals surface area contributed by atoms with Gasteiger partial charge in [-0.2, -0.15) is 0 Å². The van der Waals surface area contributed by atoms with Gasteiger partial charge in [0.1, 0.15) is 11.6 Å². The van der Waals surface area contributed by atoms with Gasteiger partial charge >= 0.3 is 0 Å². The lowest BCUT2D eigenvalue weighted by Crippen LogP contribution is -1.94. The van der Waals surface area contributed by atoms with Gasteiger partial charge < -0.3 is 5.73 Å². The van der Waals surface area contributed by atoms with Crippen LogP contribution in [0.15, 0.2) is 24.4 Å². The molecule has 1 aromatic heterocycles. The Hall–Kier alpha value is -1.61. The van der Waals surface area contributed by atoms with Crippen LogP contribution in [-0.4, -0.2) is 4.98 Å². The normalized spacial score (nSPS) is 10.6. The predicted octanol–water partition coefficient (Wildman–Crippen LogP) is 3.74. The van der Waals surface area contributed by atoms with E-state index in [9.17, 15) is 4.39 Å². The smallest absolute Gasteiger partial charge is 0.127 e. The maximum absolute atomic E-state index is 13.3. The summed E-state index contributed by atoms with van der Waals surface area (Å²) in [6, 6.07) is 4.81. The molecule has 0 aliphatic carbocycles. The summed E-state index contributed by atoms with van der Waals surface area (Å²) in [4.78, 5) is 4.03. The standard InChI is InChI=1S/C13H12ClFN2/c1-7-4-13(16)17-6-10(7)9-3-8(2)12(15)5-11(9)14/h3-6H,1-2H3,(H2,16,17). The van der Waals surface area contributed by atoms with Crippen LogP contribution in [0.1, 0.15) is 11.1 Å². The molecule has 0 saturated carbocycles. The highest BCUT2D eigenvalue weighted by Crippen LogP contribution is 2.32. The van der Waals surface area contributed by atoms with E-state index in [4.69, 9.17) is 17.3 Å². The first kappa shape index (κ1) is 11.9. The van der Waals surface area contributed by atoms with Gasteiger partial charge in [0.15, 0.2) is 0 Å². The predicted molar refractivity (Wildman–Crippen MR) is 68.5 cm³/mol. The van der Waals surface area contributed by atoms with Crippen LogP contribution in [0.5, 0.6) is 0 Å². The van der Waals surface area contributed by atoms with Crippen molar-refractivity contribution in [3.63, 3.8) is 0 Å². The monoisotopic (exact) mass is 250 g/mol. The van der Waals surface area contributed by atoms with Crippen LogP contribution in [0.25, 0.3) is 11.1 Å². The number of nitrogens with zero attached hydrogens (tertiary/aromatic N) is 1. The van der Waals surface area contributed by atoms with Crippen LogP contribution < -0.4 is 5.73 Å². The van der Waals surface area contributed by atoms with Crippen LogP contribution in [-0.2, 0) is 0 Å². The van der Waals surface area contributed by atoms with E-state index in [0.29, 0.717) is 16.4 Å². The summed E-state index contributed by atoms with van der Waals surface area (Å²) in [6.45, 7) is 3.62. The van der Waals surface area contributed by atoms with Crippen molar-refractivity contribution in [2.75, 3.05) is 5.73 Å². The summed E-state index contributed by atoms with van der Waals surface area (Å²) in [7, 11) is 0. The van der Waals surface area contributed by atoms with Crippen molar-refractivity contribution in [1.29, 1.82) is 0 Å². The third-order valence-electron chi connectivity index (χ3n) is 2.67. The minimum Gasteiger partial charge on any atom is -0.384 e. The molecule has 17 heavy (non-hydrogen) atoms. The second kappa shape index (κ2) is 4.34. The summed E-state index contributed by atoms with van der Waals surface area (Å²) in [5, 5.41) is 0.378. The van der Waals surface area contributed by atoms with Gasteiger partial charge in [0, 0.05) is 17.3 Å². The number of pyridine rings is 1. The minimum atomic E-state index is -0.306. The van der Waals surface area contributed by atoms with Crippen molar-refractivity contribution < 1.29 is 4.39 Å². The zero-order valence-corrected chi connectivity index (χ0v) is 10.3. The summed E-state index contributed by atoms with van der Waals surface area (Å²) in [5.41, 5.74) is 8.75. The molecule has 0 atom stereocenters. The lowest BCUT2D eigenvalue weighted by molar-refractivity contribution is 0.619. The fourth-order valence-corrected chi connectivity index (χ4v) is 1.98. The molecule has 0 saturated heterocycles. The van der Waals surface area contributed by atoms with E-state index in [1.54, 1.807) is 25.3 Å². The highest BCUT2D eigenvalue weighted by molar-refractivity contribution is 6.33. The number of aryl methyl sites for hydroxylation is 2. The maximum atomic E-state index is 13.3. The van der Waals surface area contributed by atoms with E-state index in [1.165, 1.54) is 6.07 Å². The van der Waals surface area contributed by atoms with Crippen molar-refractivity contribution in [2.45, 2.75) is 13.8 Å². The van der Waals surface area contributed by atoms with Gasteiger partial charge in [0.25, 0.3) is 0 Å². The van der Waals surface area contributed by atoms with Crippen molar-refractivity contribution >= 4 is 17.4 Å². The topological polar surface area (TPSA) is 38.9 Å². The fourth-order valence-electron chi connectivity index (χ4n) is 1.72. The molecule has 2 nitrogen and oxygen atoms in total. The number of nitrogen functional groups attached to an aromatic ring is 1. The van der Waals surface area contributed by atoms with Gasteiger partial charge in [-0.1, -0.05) is 11.6 Å². The highest BCUT2D eigenvalue weighted by Gasteiger charge is 2.10. The Morgan fingerprint density at radius 1 is 1.12 bits per heavy atom. The molecule has 0 unspecified atom stereocenters. The Kier molecular flexibility index (Phi) is 3.03. The molecule has 2 aromatic rings. The Balaban J connectivity index is 2.64. The lowest BCUT2D eigenvalue weighted by Gasteiger charge is -2.10. The molecule has 0 spiro atoms.